The van der Waals surface area contributed by atoms with E-state index in [9.17, 15) is 0 Å². The van der Waals surface area contributed by atoms with Gasteiger partial charge in [0.15, 0.2) is 0 Å². The van der Waals surface area contributed by atoms with E-state index < -0.39 is 0 Å². The van der Waals surface area contributed by atoms with Gasteiger partial charge in [-0.1, -0.05) is 44.5 Å². The largest absolute Gasteiger partial charge is 0.494 e. The Bertz CT molecular complexity index is 488. The third kappa shape index (κ3) is 3.00. The number of rotatable bonds is 5. The first-order valence-electron chi connectivity index (χ1n) is 6.49. The van der Waals surface area contributed by atoms with E-state index in [4.69, 9.17) is 4.74 Å². The molecular formula is C16H20O. The monoisotopic (exact) mass is 228 g/mol. The van der Waals surface area contributed by atoms with Crippen molar-refractivity contribution in [3.63, 3.8) is 0 Å². The van der Waals surface area contributed by atoms with E-state index in [1.807, 2.05) is 0 Å². The molecule has 0 saturated carbocycles. The molecule has 0 bridgehead atoms. The molecule has 0 aliphatic carbocycles. The van der Waals surface area contributed by atoms with Gasteiger partial charge in [-0.25, -0.2) is 0 Å². The number of hydrogen-bond acceptors (Lipinski definition) is 1. The van der Waals surface area contributed by atoms with Gasteiger partial charge in [0, 0.05) is 0 Å². The summed E-state index contributed by atoms with van der Waals surface area (Å²) in [5.41, 5.74) is 1.39. The third-order valence-electron chi connectivity index (χ3n) is 3.05. The van der Waals surface area contributed by atoms with Crippen LogP contribution in [0.3, 0.4) is 0 Å². The van der Waals surface area contributed by atoms with Crippen LogP contribution in [0.4, 0.5) is 0 Å². The van der Waals surface area contributed by atoms with Crippen molar-refractivity contribution >= 4 is 10.8 Å². The van der Waals surface area contributed by atoms with E-state index in [1.165, 1.54) is 22.8 Å². The van der Waals surface area contributed by atoms with Crippen molar-refractivity contribution in [1.82, 2.24) is 0 Å². The average Bonchev–Trinajstić information content (AvgIpc) is 2.38. The molecule has 0 aliphatic rings. The van der Waals surface area contributed by atoms with Crippen molar-refractivity contribution in [2.75, 3.05) is 6.61 Å². The molecule has 2 aromatic rings. The number of aryl methyl sites for hydroxylation is 1. The van der Waals surface area contributed by atoms with Crippen LogP contribution < -0.4 is 4.74 Å². The summed E-state index contributed by atoms with van der Waals surface area (Å²) >= 11 is 0. The predicted molar refractivity (Wildman–Crippen MR) is 73.7 cm³/mol. The minimum absolute atomic E-state index is 0.815. The lowest BCUT2D eigenvalue weighted by Crippen LogP contribution is -1.96. The summed E-state index contributed by atoms with van der Waals surface area (Å²) in [7, 11) is 0. The van der Waals surface area contributed by atoms with Gasteiger partial charge in [0.05, 0.1) is 6.61 Å². The lowest BCUT2D eigenvalue weighted by atomic mass is 10.1. The Morgan fingerprint density at radius 2 is 1.71 bits per heavy atom. The maximum Gasteiger partial charge on any atom is 0.119 e. The summed E-state index contributed by atoms with van der Waals surface area (Å²) < 4.78 is 5.71. The normalized spacial score (nSPS) is 10.7. The number of fused-ring (bicyclic) bond motifs is 1. The maximum atomic E-state index is 5.71. The predicted octanol–water partition coefficient (Wildman–Crippen LogP) is 4.58. The fourth-order valence-corrected chi connectivity index (χ4v) is 1.92. The summed E-state index contributed by atoms with van der Waals surface area (Å²) in [6.07, 6.45) is 3.38. The Morgan fingerprint density at radius 3 is 2.47 bits per heavy atom. The van der Waals surface area contributed by atoms with Gasteiger partial charge in [0.2, 0.25) is 0 Å². The van der Waals surface area contributed by atoms with Gasteiger partial charge in [-0.15, -0.1) is 0 Å². The first-order valence-corrected chi connectivity index (χ1v) is 6.49. The summed E-state index contributed by atoms with van der Waals surface area (Å²) in [5, 5.41) is 2.56. The van der Waals surface area contributed by atoms with E-state index >= 15 is 0 Å². The van der Waals surface area contributed by atoms with E-state index in [-0.39, 0.29) is 0 Å². The maximum absolute atomic E-state index is 5.71. The zero-order valence-electron chi connectivity index (χ0n) is 10.7. The van der Waals surface area contributed by atoms with E-state index in [0.717, 1.165) is 25.2 Å². The number of ether oxygens (including phenoxy) is 1. The van der Waals surface area contributed by atoms with E-state index in [2.05, 4.69) is 50.2 Å². The smallest absolute Gasteiger partial charge is 0.119 e. The summed E-state index contributed by atoms with van der Waals surface area (Å²) in [6.45, 7) is 5.18. The SMILES string of the molecule is CCCCOc1ccc2cc(CC)ccc2c1. The molecule has 0 spiro atoms. The molecule has 0 radical (unpaired) electrons. The molecule has 0 heterocycles. The van der Waals surface area contributed by atoms with Crippen molar-refractivity contribution in [3.8, 4) is 5.75 Å². The lowest BCUT2D eigenvalue weighted by Gasteiger charge is -2.07. The summed E-state index contributed by atoms with van der Waals surface area (Å²) in [4.78, 5) is 0. The second-order valence-corrected chi connectivity index (χ2v) is 4.40. The van der Waals surface area contributed by atoms with Crippen molar-refractivity contribution in [2.45, 2.75) is 33.1 Å². The second kappa shape index (κ2) is 5.72. The number of unbranched alkanes of at least 4 members (excludes halogenated alkanes) is 1. The Kier molecular flexibility index (Phi) is 4.03. The Morgan fingerprint density at radius 1 is 0.941 bits per heavy atom. The van der Waals surface area contributed by atoms with Crippen LogP contribution >= 0.6 is 0 Å². The lowest BCUT2D eigenvalue weighted by molar-refractivity contribution is 0.310. The highest BCUT2D eigenvalue weighted by molar-refractivity contribution is 5.84. The van der Waals surface area contributed by atoms with Crippen LogP contribution in [-0.4, -0.2) is 6.61 Å². The van der Waals surface area contributed by atoms with Gasteiger partial charge < -0.3 is 4.74 Å². The molecule has 90 valence electrons. The van der Waals surface area contributed by atoms with Crippen molar-refractivity contribution < 1.29 is 4.74 Å². The zero-order chi connectivity index (χ0) is 12.1. The molecule has 0 N–H and O–H groups in total. The topological polar surface area (TPSA) is 9.23 Å². The van der Waals surface area contributed by atoms with Crippen LogP contribution in [0.5, 0.6) is 5.75 Å². The van der Waals surface area contributed by atoms with Crippen LogP contribution in [-0.2, 0) is 6.42 Å². The molecule has 2 rings (SSSR count). The van der Waals surface area contributed by atoms with Gasteiger partial charge in [-0.05, 0) is 41.3 Å². The van der Waals surface area contributed by atoms with Gasteiger partial charge in [-0.3, -0.25) is 0 Å². The molecule has 1 heteroatoms. The third-order valence-corrected chi connectivity index (χ3v) is 3.05. The van der Waals surface area contributed by atoms with Crippen LogP contribution in [0, 0.1) is 0 Å². The average molecular weight is 228 g/mol. The number of benzene rings is 2. The van der Waals surface area contributed by atoms with E-state index in [0.29, 0.717) is 0 Å². The van der Waals surface area contributed by atoms with E-state index in [1.54, 1.807) is 0 Å². The minimum Gasteiger partial charge on any atom is -0.494 e. The minimum atomic E-state index is 0.815. The van der Waals surface area contributed by atoms with Gasteiger partial charge >= 0.3 is 0 Å². The highest BCUT2D eigenvalue weighted by Crippen LogP contribution is 2.22. The highest BCUT2D eigenvalue weighted by Gasteiger charge is 1.98. The molecule has 17 heavy (non-hydrogen) atoms. The molecule has 1 nitrogen and oxygen atoms in total. The Balaban J connectivity index is 2.19. The molecule has 0 amide bonds. The molecule has 0 saturated heterocycles. The molecule has 0 atom stereocenters. The first-order chi connectivity index (χ1) is 8.33. The van der Waals surface area contributed by atoms with Gasteiger partial charge in [0.1, 0.15) is 5.75 Å². The molecule has 0 aromatic heterocycles. The molecule has 0 fully saturated rings. The van der Waals surface area contributed by atoms with Gasteiger partial charge in [-0.2, -0.15) is 0 Å². The second-order valence-electron chi connectivity index (χ2n) is 4.40. The Hall–Kier alpha value is -1.50. The molecule has 0 aliphatic heterocycles. The zero-order valence-corrected chi connectivity index (χ0v) is 10.7. The fourth-order valence-electron chi connectivity index (χ4n) is 1.92. The van der Waals surface area contributed by atoms with Crippen molar-refractivity contribution in [2.24, 2.45) is 0 Å². The molecule has 0 unspecified atom stereocenters. The highest BCUT2D eigenvalue weighted by atomic mass is 16.5. The fraction of sp³-hybridized carbons (Fsp3) is 0.375. The van der Waals surface area contributed by atoms with Crippen LogP contribution in [0.15, 0.2) is 36.4 Å². The summed E-state index contributed by atoms with van der Waals surface area (Å²) in [6, 6.07) is 13.0. The van der Waals surface area contributed by atoms with Crippen molar-refractivity contribution in [1.29, 1.82) is 0 Å². The first kappa shape index (κ1) is 12.0. The van der Waals surface area contributed by atoms with Crippen LogP contribution in [0.1, 0.15) is 32.3 Å². The van der Waals surface area contributed by atoms with Gasteiger partial charge in [0.25, 0.3) is 0 Å². The standard InChI is InChI=1S/C16H20O/c1-3-5-10-17-16-9-8-14-11-13(4-2)6-7-15(14)12-16/h6-9,11-12H,3-5,10H2,1-2H3. The molecule has 2 aromatic carbocycles. The number of hydrogen-bond donors (Lipinski definition) is 0. The van der Waals surface area contributed by atoms with Crippen LogP contribution in [0.2, 0.25) is 0 Å². The Labute approximate surface area is 103 Å². The summed E-state index contributed by atoms with van der Waals surface area (Å²) in [5.74, 6) is 0.982. The molecular weight excluding hydrogens is 208 g/mol. The van der Waals surface area contributed by atoms with Crippen molar-refractivity contribution in [3.05, 3.63) is 42.0 Å². The van der Waals surface area contributed by atoms with Crippen LogP contribution in [0.25, 0.3) is 10.8 Å². The quantitative estimate of drug-likeness (QED) is 0.680.